The van der Waals surface area contributed by atoms with Gasteiger partial charge in [-0.25, -0.2) is 0 Å². The zero-order chi connectivity index (χ0) is 12.8. The van der Waals surface area contributed by atoms with Crippen LogP contribution in [0.5, 0.6) is 0 Å². The molecule has 1 heteroatoms. The normalized spacial score (nSPS) is 24.6. The van der Waals surface area contributed by atoms with Gasteiger partial charge in [0.05, 0.1) is 0 Å². The van der Waals surface area contributed by atoms with Gasteiger partial charge in [-0.1, -0.05) is 60.0 Å². The maximum absolute atomic E-state index is 3.47. The maximum Gasteiger partial charge on any atom is 0.0175 e. The Labute approximate surface area is 120 Å². The van der Waals surface area contributed by atoms with E-state index in [4.69, 9.17) is 0 Å². The first-order valence-electron chi connectivity index (χ1n) is 7.21. The Balaban J connectivity index is 1.82. The number of allylic oxidation sites excluding steroid dienone is 1. The fourth-order valence-electron chi connectivity index (χ4n) is 2.90. The SMILES string of the molecule is CCC[C@H]1CC[C@H](C=Cc2ccc(Br)cc2)CC1. The first kappa shape index (κ1) is 13.9. The molecule has 0 bridgehead atoms. The third-order valence-corrected chi connectivity index (χ3v) is 4.55. The van der Waals surface area contributed by atoms with Gasteiger partial charge in [0.25, 0.3) is 0 Å². The van der Waals surface area contributed by atoms with Gasteiger partial charge in [-0.15, -0.1) is 0 Å². The molecule has 1 aromatic rings. The molecule has 0 saturated heterocycles. The molecule has 0 amide bonds. The van der Waals surface area contributed by atoms with Gasteiger partial charge in [0.1, 0.15) is 0 Å². The second kappa shape index (κ2) is 7.13. The molecule has 1 aliphatic rings. The summed E-state index contributed by atoms with van der Waals surface area (Å²) in [5, 5.41) is 0. The van der Waals surface area contributed by atoms with E-state index in [9.17, 15) is 0 Å². The molecular weight excluding hydrogens is 284 g/mol. The predicted molar refractivity (Wildman–Crippen MR) is 83.5 cm³/mol. The molecule has 1 saturated carbocycles. The van der Waals surface area contributed by atoms with Crippen LogP contribution in [0.1, 0.15) is 51.0 Å². The van der Waals surface area contributed by atoms with Crippen LogP contribution in [0.3, 0.4) is 0 Å². The third-order valence-electron chi connectivity index (χ3n) is 4.02. The fourth-order valence-corrected chi connectivity index (χ4v) is 3.16. The summed E-state index contributed by atoms with van der Waals surface area (Å²) in [6, 6.07) is 8.56. The van der Waals surface area contributed by atoms with Crippen molar-refractivity contribution >= 4 is 22.0 Å². The van der Waals surface area contributed by atoms with E-state index in [-0.39, 0.29) is 0 Å². The smallest absolute Gasteiger partial charge is 0.0175 e. The Bertz CT molecular complexity index is 369. The molecule has 2 rings (SSSR count). The summed E-state index contributed by atoms with van der Waals surface area (Å²) in [5.41, 5.74) is 1.31. The van der Waals surface area contributed by atoms with Gasteiger partial charge in [0, 0.05) is 4.47 Å². The molecule has 0 nitrogen and oxygen atoms in total. The average Bonchev–Trinajstić information content (AvgIpc) is 2.40. The van der Waals surface area contributed by atoms with Gasteiger partial charge in [0.2, 0.25) is 0 Å². The van der Waals surface area contributed by atoms with E-state index in [0.717, 1.165) is 16.3 Å². The number of benzene rings is 1. The van der Waals surface area contributed by atoms with E-state index in [1.165, 1.54) is 44.1 Å². The monoisotopic (exact) mass is 306 g/mol. The Kier molecular flexibility index (Phi) is 5.49. The van der Waals surface area contributed by atoms with Crippen molar-refractivity contribution in [3.63, 3.8) is 0 Å². The Morgan fingerprint density at radius 3 is 2.39 bits per heavy atom. The summed E-state index contributed by atoms with van der Waals surface area (Å²) in [6.45, 7) is 2.31. The van der Waals surface area contributed by atoms with Crippen LogP contribution >= 0.6 is 15.9 Å². The highest BCUT2D eigenvalue weighted by atomic mass is 79.9. The Morgan fingerprint density at radius 1 is 1.11 bits per heavy atom. The van der Waals surface area contributed by atoms with Crippen LogP contribution in [-0.2, 0) is 0 Å². The zero-order valence-corrected chi connectivity index (χ0v) is 12.8. The first-order valence-corrected chi connectivity index (χ1v) is 8.01. The lowest BCUT2D eigenvalue weighted by Crippen LogP contribution is -2.12. The number of rotatable bonds is 4. The quantitative estimate of drug-likeness (QED) is 0.633. The lowest BCUT2D eigenvalue weighted by Gasteiger charge is -2.26. The van der Waals surface area contributed by atoms with E-state index in [0.29, 0.717) is 0 Å². The maximum atomic E-state index is 3.47. The van der Waals surface area contributed by atoms with E-state index < -0.39 is 0 Å². The van der Waals surface area contributed by atoms with Crippen molar-refractivity contribution in [1.82, 2.24) is 0 Å². The van der Waals surface area contributed by atoms with Crippen LogP contribution < -0.4 is 0 Å². The van der Waals surface area contributed by atoms with Crippen LogP contribution in [0.15, 0.2) is 34.8 Å². The highest BCUT2D eigenvalue weighted by Gasteiger charge is 2.18. The molecule has 0 aliphatic heterocycles. The average molecular weight is 307 g/mol. The van der Waals surface area contributed by atoms with Gasteiger partial charge in [0.15, 0.2) is 0 Å². The highest BCUT2D eigenvalue weighted by Crippen LogP contribution is 2.32. The van der Waals surface area contributed by atoms with Crippen LogP contribution in [0.25, 0.3) is 6.08 Å². The molecule has 18 heavy (non-hydrogen) atoms. The van der Waals surface area contributed by atoms with Crippen molar-refractivity contribution in [2.24, 2.45) is 11.8 Å². The van der Waals surface area contributed by atoms with Gasteiger partial charge < -0.3 is 0 Å². The van der Waals surface area contributed by atoms with Crippen molar-refractivity contribution in [3.05, 3.63) is 40.4 Å². The highest BCUT2D eigenvalue weighted by molar-refractivity contribution is 9.10. The largest absolute Gasteiger partial charge is 0.0808 e. The zero-order valence-electron chi connectivity index (χ0n) is 11.2. The van der Waals surface area contributed by atoms with Gasteiger partial charge >= 0.3 is 0 Å². The van der Waals surface area contributed by atoms with Crippen LogP contribution in [0.4, 0.5) is 0 Å². The van der Waals surface area contributed by atoms with Gasteiger partial charge in [-0.2, -0.15) is 0 Å². The van der Waals surface area contributed by atoms with E-state index in [1.54, 1.807) is 0 Å². The van der Waals surface area contributed by atoms with Crippen molar-refractivity contribution in [2.75, 3.05) is 0 Å². The number of halogens is 1. The molecule has 0 N–H and O–H groups in total. The van der Waals surface area contributed by atoms with E-state index in [1.807, 2.05) is 0 Å². The summed E-state index contributed by atoms with van der Waals surface area (Å²) in [7, 11) is 0. The van der Waals surface area contributed by atoms with Crippen LogP contribution in [-0.4, -0.2) is 0 Å². The number of hydrogen-bond acceptors (Lipinski definition) is 0. The lowest BCUT2D eigenvalue weighted by atomic mass is 9.80. The summed E-state index contributed by atoms with van der Waals surface area (Å²) < 4.78 is 1.15. The summed E-state index contributed by atoms with van der Waals surface area (Å²) >= 11 is 3.47. The molecule has 1 fully saturated rings. The van der Waals surface area contributed by atoms with Crippen LogP contribution in [0.2, 0.25) is 0 Å². The molecule has 98 valence electrons. The van der Waals surface area contributed by atoms with Crippen molar-refractivity contribution in [3.8, 4) is 0 Å². The fraction of sp³-hybridized carbons (Fsp3) is 0.529. The molecule has 0 heterocycles. The molecule has 0 spiro atoms. The topological polar surface area (TPSA) is 0 Å². The molecule has 0 radical (unpaired) electrons. The molecule has 1 aliphatic carbocycles. The predicted octanol–water partition coefficient (Wildman–Crippen LogP) is 6.07. The second-order valence-corrected chi connectivity index (χ2v) is 6.40. The molecular formula is C17H23Br. The van der Waals surface area contributed by atoms with E-state index >= 15 is 0 Å². The Hall–Kier alpha value is -0.560. The minimum Gasteiger partial charge on any atom is -0.0808 e. The van der Waals surface area contributed by atoms with Crippen molar-refractivity contribution in [1.29, 1.82) is 0 Å². The van der Waals surface area contributed by atoms with Crippen LogP contribution in [0, 0.1) is 11.8 Å². The number of hydrogen-bond donors (Lipinski definition) is 0. The minimum absolute atomic E-state index is 0.807. The summed E-state index contributed by atoms with van der Waals surface area (Å²) in [5.74, 6) is 1.81. The minimum atomic E-state index is 0.807. The third kappa shape index (κ3) is 4.28. The molecule has 1 aromatic carbocycles. The molecule has 0 atom stereocenters. The van der Waals surface area contributed by atoms with Gasteiger partial charge in [-0.05, 0) is 55.2 Å². The lowest BCUT2D eigenvalue weighted by molar-refractivity contribution is 0.295. The Morgan fingerprint density at radius 2 is 1.78 bits per heavy atom. The van der Waals surface area contributed by atoms with Gasteiger partial charge in [-0.3, -0.25) is 0 Å². The molecule has 0 aromatic heterocycles. The summed E-state index contributed by atoms with van der Waals surface area (Å²) in [6.07, 6.45) is 13.1. The standard InChI is InChI=1S/C17H23Br/c1-2-3-14-4-6-15(7-5-14)8-9-16-10-12-17(18)13-11-16/h8-15H,2-7H2,1H3/t14-,15-. The summed E-state index contributed by atoms with van der Waals surface area (Å²) in [4.78, 5) is 0. The molecule has 0 unspecified atom stereocenters. The first-order chi connectivity index (χ1) is 8.78. The second-order valence-electron chi connectivity index (χ2n) is 5.48. The van der Waals surface area contributed by atoms with Crippen molar-refractivity contribution in [2.45, 2.75) is 45.4 Å². The van der Waals surface area contributed by atoms with Crippen molar-refractivity contribution < 1.29 is 0 Å². The van der Waals surface area contributed by atoms with E-state index in [2.05, 4.69) is 59.3 Å².